The highest BCUT2D eigenvalue weighted by atomic mass is 16.5. The van der Waals surface area contributed by atoms with Gasteiger partial charge >= 0.3 is 0 Å². The standard InChI is InChI=1S/C14H25N3O2/c1-10-8-13(12(3)17(10)4)9-16-11(2)14(18)15-6-7-19-5/h8,11,16H,6-7,9H2,1-5H3,(H,15,18). The number of aromatic nitrogens is 1. The van der Waals surface area contributed by atoms with E-state index in [9.17, 15) is 4.79 Å². The van der Waals surface area contributed by atoms with Crippen molar-refractivity contribution in [3.63, 3.8) is 0 Å². The minimum atomic E-state index is -0.211. The van der Waals surface area contributed by atoms with Crippen molar-refractivity contribution in [2.24, 2.45) is 7.05 Å². The minimum Gasteiger partial charge on any atom is -0.383 e. The summed E-state index contributed by atoms with van der Waals surface area (Å²) in [5.41, 5.74) is 3.69. The van der Waals surface area contributed by atoms with Crippen molar-refractivity contribution < 1.29 is 9.53 Å². The Labute approximate surface area is 115 Å². The van der Waals surface area contributed by atoms with Crippen molar-refractivity contribution in [1.29, 1.82) is 0 Å². The molecule has 1 aromatic rings. The van der Waals surface area contributed by atoms with Gasteiger partial charge in [-0.05, 0) is 32.4 Å². The lowest BCUT2D eigenvalue weighted by Gasteiger charge is -2.14. The molecule has 0 saturated heterocycles. The second kappa shape index (κ2) is 7.31. The lowest BCUT2D eigenvalue weighted by atomic mass is 10.2. The number of aryl methyl sites for hydroxylation is 1. The van der Waals surface area contributed by atoms with Gasteiger partial charge in [-0.15, -0.1) is 0 Å². The van der Waals surface area contributed by atoms with Gasteiger partial charge in [0.15, 0.2) is 0 Å². The summed E-state index contributed by atoms with van der Waals surface area (Å²) in [5.74, 6) is 0.00218. The molecular formula is C14H25N3O2. The summed E-state index contributed by atoms with van der Waals surface area (Å²) in [4.78, 5) is 11.8. The van der Waals surface area contributed by atoms with Crippen LogP contribution in [-0.4, -0.2) is 36.8 Å². The number of amides is 1. The third kappa shape index (κ3) is 4.36. The van der Waals surface area contributed by atoms with Gasteiger partial charge in [-0.25, -0.2) is 0 Å². The Morgan fingerprint density at radius 2 is 2.16 bits per heavy atom. The molecule has 0 aliphatic carbocycles. The summed E-state index contributed by atoms with van der Waals surface area (Å²) in [6.07, 6.45) is 0. The Hall–Kier alpha value is -1.33. The molecule has 0 aromatic carbocycles. The van der Waals surface area contributed by atoms with Gasteiger partial charge in [0.05, 0.1) is 12.6 Å². The van der Waals surface area contributed by atoms with Gasteiger partial charge in [0.2, 0.25) is 5.91 Å². The van der Waals surface area contributed by atoms with Crippen LogP contribution in [0.5, 0.6) is 0 Å². The van der Waals surface area contributed by atoms with Crippen molar-refractivity contribution in [2.45, 2.75) is 33.4 Å². The lowest BCUT2D eigenvalue weighted by Crippen LogP contribution is -2.42. The van der Waals surface area contributed by atoms with E-state index < -0.39 is 0 Å². The Morgan fingerprint density at radius 3 is 2.68 bits per heavy atom. The first-order valence-corrected chi connectivity index (χ1v) is 6.59. The molecule has 1 aromatic heterocycles. The normalized spacial score (nSPS) is 12.5. The number of ether oxygens (including phenoxy) is 1. The highest BCUT2D eigenvalue weighted by molar-refractivity contribution is 5.81. The lowest BCUT2D eigenvalue weighted by molar-refractivity contribution is -0.122. The zero-order chi connectivity index (χ0) is 14.4. The van der Waals surface area contributed by atoms with Gasteiger partial charge < -0.3 is 19.9 Å². The quantitative estimate of drug-likeness (QED) is 0.721. The number of nitrogens with one attached hydrogen (secondary N) is 2. The first kappa shape index (κ1) is 15.7. The molecule has 0 bridgehead atoms. The average Bonchev–Trinajstić information content (AvgIpc) is 2.63. The number of carbonyl (C=O) groups is 1. The SMILES string of the molecule is COCCNC(=O)C(C)NCc1cc(C)n(C)c1C. The number of hydrogen-bond acceptors (Lipinski definition) is 3. The number of rotatable bonds is 7. The van der Waals surface area contributed by atoms with Crippen LogP contribution in [0.1, 0.15) is 23.9 Å². The van der Waals surface area contributed by atoms with Crippen LogP contribution >= 0.6 is 0 Å². The molecule has 1 rings (SSSR count). The van der Waals surface area contributed by atoms with Gasteiger partial charge in [-0.1, -0.05) is 0 Å². The van der Waals surface area contributed by atoms with E-state index in [1.165, 1.54) is 17.0 Å². The van der Waals surface area contributed by atoms with Crippen LogP contribution in [0.2, 0.25) is 0 Å². The fraction of sp³-hybridized carbons (Fsp3) is 0.643. The molecule has 0 saturated carbocycles. The number of carbonyl (C=O) groups excluding carboxylic acids is 1. The molecule has 0 aliphatic rings. The Morgan fingerprint density at radius 1 is 1.47 bits per heavy atom. The largest absolute Gasteiger partial charge is 0.383 e. The summed E-state index contributed by atoms with van der Waals surface area (Å²) < 4.78 is 7.05. The maximum atomic E-state index is 11.8. The second-order valence-corrected chi connectivity index (χ2v) is 4.84. The Kier molecular flexibility index (Phi) is 6.05. The molecule has 1 heterocycles. The maximum Gasteiger partial charge on any atom is 0.236 e. The van der Waals surface area contributed by atoms with E-state index in [1.807, 2.05) is 6.92 Å². The summed E-state index contributed by atoms with van der Waals surface area (Å²) in [5, 5.41) is 6.06. The number of methoxy groups -OCH3 is 1. The van der Waals surface area contributed by atoms with Gasteiger partial charge in [0.1, 0.15) is 0 Å². The van der Waals surface area contributed by atoms with Crippen molar-refractivity contribution in [2.75, 3.05) is 20.3 Å². The molecule has 5 nitrogen and oxygen atoms in total. The molecule has 108 valence electrons. The topological polar surface area (TPSA) is 55.3 Å². The molecule has 1 atom stereocenters. The van der Waals surface area contributed by atoms with E-state index in [0.29, 0.717) is 19.7 Å². The fourth-order valence-corrected chi connectivity index (χ4v) is 1.90. The predicted molar refractivity (Wildman–Crippen MR) is 76.1 cm³/mol. The number of hydrogen-bond donors (Lipinski definition) is 2. The highest BCUT2D eigenvalue weighted by Crippen LogP contribution is 2.12. The molecule has 0 spiro atoms. The van der Waals surface area contributed by atoms with Crippen LogP contribution in [0, 0.1) is 13.8 Å². The molecule has 19 heavy (non-hydrogen) atoms. The van der Waals surface area contributed by atoms with E-state index in [0.717, 1.165) is 0 Å². The number of nitrogens with zero attached hydrogens (tertiary/aromatic N) is 1. The second-order valence-electron chi connectivity index (χ2n) is 4.84. The fourth-order valence-electron chi connectivity index (χ4n) is 1.90. The minimum absolute atomic E-state index is 0.00218. The highest BCUT2D eigenvalue weighted by Gasteiger charge is 2.13. The van der Waals surface area contributed by atoms with Gasteiger partial charge in [0, 0.05) is 38.6 Å². The van der Waals surface area contributed by atoms with Crippen LogP contribution in [0.3, 0.4) is 0 Å². The summed E-state index contributed by atoms with van der Waals surface area (Å²) >= 11 is 0. The summed E-state index contributed by atoms with van der Waals surface area (Å²) in [7, 11) is 3.67. The predicted octanol–water partition coefficient (Wildman–Crippen LogP) is 0.883. The van der Waals surface area contributed by atoms with E-state index >= 15 is 0 Å². The molecule has 1 amide bonds. The van der Waals surface area contributed by atoms with Gasteiger partial charge in [0.25, 0.3) is 0 Å². The maximum absolute atomic E-state index is 11.8. The van der Waals surface area contributed by atoms with E-state index in [2.05, 4.69) is 42.2 Å². The van der Waals surface area contributed by atoms with Crippen LogP contribution in [0.15, 0.2) is 6.07 Å². The first-order valence-electron chi connectivity index (χ1n) is 6.59. The summed E-state index contributed by atoms with van der Waals surface area (Å²) in [6, 6.07) is 1.94. The van der Waals surface area contributed by atoms with E-state index in [1.54, 1.807) is 7.11 Å². The zero-order valence-electron chi connectivity index (χ0n) is 12.5. The average molecular weight is 267 g/mol. The third-order valence-electron chi connectivity index (χ3n) is 3.48. The smallest absolute Gasteiger partial charge is 0.236 e. The van der Waals surface area contributed by atoms with E-state index in [4.69, 9.17) is 4.74 Å². The monoisotopic (exact) mass is 267 g/mol. The molecule has 5 heteroatoms. The van der Waals surface area contributed by atoms with Gasteiger partial charge in [-0.3, -0.25) is 4.79 Å². The molecule has 2 N–H and O–H groups in total. The van der Waals surface area contributed by atoms with Crippen LogP contribution < -0.4 is 10.6 Å². The molecular weight excluding hydrogens is 242 g/mol. The van der Waals surface area contributed by atoms with Gasteiger partial charge in [-0.2, -0.15) is 0 Å². The van der Waals surface area contributed by atoms with Crippen LogP contribution in [-0.2, 0) is 23.1 Å². The van der Waals surface area contributed by atoms with Crippen molar-refractivity contribution in [1.82, 2.24) is 15.2 Å². The molecule has 1 unspecified atom stereocenters. The van der Waals surface area contributed by atoms with Crippen molar-refractivity contribution >= 4 is 5.91 Å². The van der Waals surface area contributed by atoms with Crippen LogP contribution in [0.4, 0.5) is 0 Å². The summed E-state index contributed by atoms with van der Waals surface area (Å²) in [6.45, 7) is 7.82. The van der Waals surface area contributed by atoms with Crippen LogP contribution in [0.25, 0.3) is 0 Å². The van der Waals surface area contributed by atoms with Crippen molar-refractivity contribution in [3.05, 3.63) is 23.0 Å². The Balaban J connectivity index is 2.43. The van der Waals surface area contributed by atoms with E-state index in [-0.39, 0.29) is 11.9 Å². The Bertz CT molecular complexity index is 427. The third-order valence-corrected chi connectivity index (χ3v) is 3.48. The zero-order valence-corrected chi connectivity index (χ0v) is 12.5. The molecule has 0 radical (unpaired) electrons. The molecule has 0 fully saturated rings. The molecule has 0 aliphatic heterocycles. The first-order chi connectivity index (χ1) is 8.97. The van der Waals surface area contributed by atoms with Crippen molar-refractivity contribution in [3.8, 4) is 0 Å².